The number of phenols is 1. The highest BCUT2D eigenvalue weighted by Gasteiger charge is 2.31. The Bertz CT molecular complexity index is 439. The fourth-order valence-corrected chi connectivity index (χ4v) is 2.88. The summed E-state index contributed by atoms with van der Waals surface area (Å²) in [7, 11) is 0. The molecule has 104 valence electrons. The molecule has 0 bridgehead atoms. The van der Waals surface area contributed by atoms with Gasteiger partial charge in [0.2, 0.25) is 0 Å². The van der Waals surface area contributed by atoms with E-state index in [1.54, 1.807) is 18.2 Å². The van der Waals surface area contributed by atoms with Crippen LogP contribution in [-0.2, 0) is 4.74 Å². The van der Waals surface area contributed by atoms with Crippen LogP contribution < -0.4 is 0 Å². The van der Waals surface area contributed by atoms with Crippen molar-refractivity contribution in [1.82, 2.24) is 0 Å². The predicted molar refractivity (Wildman–Crippen MR) is 74.1 cm³/mol. The number of benzene rings is 1. The van der Waals surface area contributed by atoms with Crippen molar-refractivity contribution in [3.63, 3.8) is 0 Å². The second-order valence-electron chi connectivity index (χ2n) is 5.65. The second-order valence-corrected chi connectivity index (χ2v) is 5.65. The summed E-state index contributed by atoms with van der Waals surface area (Å²) in [6.45, 7) is 4.35. The number of aromatic hydroxyl groups is 1. The summed E-state index contributed by atoms with van der Waals surface area (Å²) in [5.41, 5.74) is 0.260. The number of carbonyl (C=O) groups is 1. The lowest BCUT2D eigenvalue weighted by Crippen LogP contribution is -2.33. The van der Waals surface area contributed by atoms with Gasteiger partial charge in [0.25, 0.3) is 0 Å². The van der Waals surface area contributed by atoms with E-state index in [4.69, 9.17) is 4.74 Å². The highest BCUT2D eigenvalue weighted by atomic mass is 16.5. The van der Waals surface area contributed by atoms with Gasteiger partial charge in [0.15, 0.2) is 0 Å². The number of esters is 1. The van der Waals surface area contributed by atoms with Gasteiger partial charge in [0.05, 0.1) is 0 Å². The Balaban J connectivity index is 2.07. The molecule has 2 unspecified atom stereocenters. The summed E-state index contributed by atoms with van der Waals surface area (Å²) in [4.78, 5) is 12.1. The number of hydrogen-bond acceptors (Lipinski definition) is 3. The van der Waals surface area contributed by atoms with Gasteiger partial charge in [0.1, 0.15) is 17.4 Å². The second kappa shape index (κ2) is 6.09. The highest BCUT2D eigenvalue weighted by molar-refractivity contribution is 5.92. The number of ether oxygens (including phenoxy) is 1. The van der Waals surface area contributed by atoms with Gasteiger partial charge in [-0.25, -0.2) is 4.79 Å². The van der Waals surface area contributed by atoms with Crippen molar-refractivity contribution >= 4 is 5.97 Å². The van der Waals surface area contributed by atoms with Crippen molar-refractivity contribution in [3.05, 3.63) is 29.8 Å². The maximum absolute atomic E-state index is 12.1. The fraction of sp³-hybridized carbons (Fsp3) is 0.562. The molecule has 0 heterocycles. The van der Waals surface area contributed by atoms with Crippen molar-refractivity contribution in [2.24, 2.45) is 11.8 Å². The van der Waals surface area contributed by atoms with Crippen molar-refractivity contribution in [1.29, 1.82) is 0 Å². The van der Waals surface area contributed by atoms with E-state index in [1.165, 1.54) is 12.5 Å². The molecule has 1 N–H and O–H groups in total. The Morgan fingerprint density at radius 1 is 1.26 bits per heavy atom. The zero-order chi connectivity index (χ0) is 13.8. The van der Waals surface area contributed by atoms with Gasteiger partial charge in [-0.1, -0.05) is 32.4 Å². The predicted octanol–water partition coefficient (Wildman–Crippen LogP) is 3.76. The number of hydrogen-bond donors (Lipinski definition) is 1. The maximum Gasteiger partial charge on any atom is 0.342 e. The topological polar surface area (TPSA) is 46.5 Å². The van der Waals surface area contributed by atoms with Crippen LogP contribution in [-0.4, -0.2) is 17.2 Å². The van der Waals surface area contributed by atoms with Crippen molar-refractivity contribution < 1.29 is 14.6 Å². The molecule has 2 rings (SSSR count). The Morgan fingerprint density at radius 3 is 2.63 bits per heavy atom. The molecule has 0 amide bonds. The molecule has 0 aliphatic heterocycles. The molecule has 3 heteroatoms. The van der Waals surface area contributed by atoms with Crippen LogP contribution in [0.3, 0.4) is 0 Å². The van der Waals surface area contributed by atoms with E-state index in [9.17, 15) is 9.90 Å². The highest BCUT2D eigenvalue weighted by Crippen LogP contribution is 2.33. The Morgan fingerprint density at radius 2 is 1.95 bits per heavy atom. The van der Waals surface area contributed by atoms with Crippen molar-refractivity contribution in [2.45, 2.75) is 45.6 Å². The van der Waals surface area contributed by atoms with E-state index in [-0.39, 0.29) is 17.4 Å². The molecular weight excluding hydrogens is 240 g/mol. The SMILES string of the molecule is CC(C)C1CCCCC1OC(=O)c1ccccc1O. The third kappa shape index (κ3) is 3.28. The average Bonchev–Trinajstić information content (AvgIpc) is 2.39. The fourth-order valence-electron chi connectivity index (χ4n) is 2.88. The van der Waals surface area contributed by atoms with Gasteiger partial charge in [-0.05, 0) is 43.2 Å². The Hall–Kier alpha value is -1.51. The van der Waals surface area contributed by atoms with Gasteiger partial charge < -0.3 is 9.84 Å². The van der Waals surface area contributed by atoms with Crippen LogP contribution in [0, 0.1) is 11.8 Å². The molecule has 1 saturated carbocycles. The van der Waals surface area contributed by atoms with Crippen molar-refractivity contribution in [2.75, 3.05) is 0 Å². The minimum absolute atomic E-state index is 0.00981. The lowest BCUT2D eigenvalue weighted by Gasteiger charge is -2.33. The Kier molecular flexibility index (Phi) is 4.46. The molecule has 1 fully saturated rings. The van der Waals surface area contributed by atoms with E-state index in [1.807, 2.05) is 0 Å². The first-order chi connectivity index (χ1) is 9.09. The van der Waals surface area contributed by atoms with Crippen LogP contribution in [0.1, 0.15) is 49.9 Å². The van der Waals surface area contributed by atoms with Gasteiger partial charge in [-0.2, -0.15) is 0 Å². The van der Waals surface area contributed by atoms with Crippen LogP contribution >= 0.6 is 0 Å². The first-order valence-electron chi connectivity index (χ1n) is 7.08. The van der Waals surface area contributed by atoms with Crippen LogP contribution in [0.4, 0.5) is 0 Å². The van der Waals surface area contributed by atoms with Crippen LogP contribution in [0.5, 0.6) is 5.75 Å². The standard InChI is InChI=1S/C16H22O3/c1-11(2)12-7-4-6-10-15(12)19-16(18)13-8-3-5-9-14(13)17/h3,5,8-9,11-12,15,17H,4,6-7,10H2,1-2H3. The third-order valence-corrected chi connectivity index (χ3v) is 3.99. The largest absolute Gasteiger partial charge is 0.507 e. The van der Waals surface area contributed by atoms with Crippen LogP contribution in [0.15, 0.2) is 24.3 Å². The number of rotatable bonds is 3. The smallest absolute Gasteiger partial charge is 0.342 e. The van der Waals surface area contributed by atoms with E-state index in [2.05, 4.69) is 13.8 Å². The van der Waals surface area contributed by atoms with Gasteiger partial charge >= 0.3 is 5.97 Å². The van der Waals surface area contributed by atoms with Crippen LogP contribution in [0.2, 0.25) is 0 Å². The van der Waals surface area contributed by atoms with Gasteiger partial charge in [-0.15, -0.1) is 0 Å². The first-order valence-corrected chi connectivity index (χ1v) is 7.08. The van der Waals surface area contributed by atoms with Gasteiger partial charge in [0, 0.05) is 0 Å². The summed E-state index contributed by atoms with van der Waals surface area (Å²) in [6.07, 6.45) is 4.37. The average molecular weight is 262 g/mol. The van der Waals surface area contributed by atoms with E-state index < -0.39 is 5.97 Å². The molecule has 1 aliphatic carbocycles. The number of phenolic OH excluding ortho intramolecular Hbond substituents is 1. The van der Waals surface area contributed by atoms with E-state index in [0.717, 1.165) is 19.3 Å². The molecular formula is C16H22O3. The molecule has 1 aromatic rings. The molecule has 0 radical (unpaired) electrons. The summed E-state index contributed by atoms with van der Waals surface area (Å²) >= 11 is 0. The molecule has 3 nitrogen and oxygen atoms in total. The van der Waals surface area contributed by atoms with Crippen LogP contribution in [0.25, 0.3) is 0 Å². The van der Waals surface area contributed by atoms with Gasteiger partial charge in [-0.3, -0.25) is 0 Å². The monoisotopic (exact) mass is 262 g/mol. The third-order valence-electron chi connectivity index (χ3n) is 3.99. The molecule has 1 aliphatic rings. The minimum Gasteiger partial charge on any atom is -0.507 e. The zero-order valence-corrected chi connectivity index (χ0v) is 11.6. The molecule has 19 heavy (non-hydrogen) atoms. The summed E-state index contributed by atoms with van der Waals surface area (Å²) < 4.78 is 5.63. The lowest BCUT2D eigenvalue weighted by molar-refractivity contribution is -0.00849. The van der Waals surface area contributed by atoms with E-state index >= 15 is 0 Å². The molecule has 0 spiro atoms. The van der Waals surface area contributed by atoms with Crippen molar-refractivity contribution in [3.8, 4) is 5.75 Å². The minimum atomic E-state index is -0.407. The quantitative estimate of drug-likeness (QED) is 0.843. The van der Waals surface area contributed by atoms with E-state index in [0.29, 0.717) is 11.8 Å². The summed E-state index contributed by atoms with van der Waals surface area (Å²) in [5, 5.41) is 9.68. The number of carbonyl (C=O) groups excluding carboxylic acids is 1. The molecule has 0 aromatic heterocycles. The number of para-hydroxylation sites is 1. The molecule has 2 atom stereocenters. The lowest BCUT2D eigenvalue weighted by atomic mass is 9.79. The molecule has 0 saturated heterocycles. The normalized spacial score (nSPS) is 23.3. The maximum atomic E-state index is 12.1. The summed E-state index contributed by atoms with van der Waals surface area (Å²) in [6, 6.07) is 6.54. The molecule has 1 aromatic carbocycles. The first kappa shape index (κ1) is 13.9. The Labute approximate surface area is 114 Å². The zero-order valence-electron chi connectivity index (χ0n) is 11.6. The summed E-state index contributed by atoms with van der Waals surface area (Å²) in [5.74, 6) is 0.533.